The first-order chi connectivity index (χ1) is 12.5. The molecule has 1 spiro atoms. The Morgan fingerprint density at radius 3 is 2.54 bits per heavy atom. The van der Waals surface area contributed by atoms with Crippen LogP contribution in [-0.4, -0.2) is 17.4 Å². The first-order valence-corrected chi connectivity index (χ1v) is 8.78. The Labute approximate surface area is 152 Å². The van der Waals surface area contributed by atoms with Crippen molar-refractivity contribution in [2.24, 2.45) is 10.5 Å². The van der Waals surface area contributed by atoms with E-state index >= 15 is 0 Å². The van der Waals surface area contributed by atoms with Crippen LogP contribution in [0.25, 0.3) is 0 Å². The Morgan fingerprint density at radius 2 is 1.81 bits per heavy atom. The molecule has 4 rings (SSSR count). The third-order valence-corrected chi connectivity index (χ3v) is 5.35. The Morgan fingerprint density at radius 1 is 1.04 bits per heavy atom. The number of carbonyl (C=O) groups is 2. The van der Waals surface area contributed by atoms with E-state index in [2.05, 4.69) is 11.2 Å². The van der Waals surface area contributed by atoms with Crippen molar-refractivity contribution >= 4 is 23.1 Å². The highest BCUT2D eigenvalue weighted by atomic mass is 16.2. The molecule has 4 heteroatoms. The van der Waals surface area contributed by atoms with Gasteiger partial charge in [0.2, 0.25) is 0 Å². The number of carbonyl (C=O) groups excluding carboxylic acids is 2. The lowest BCUT2D eigenvalue weighted by molar-refractivity contribution is -0.134. The minimum atomic E-state index is -1.25. The van der Waals surface area contributed by atoms with E-state index in [0.29, 0.717) is 17.8 Å². The molecule has 26 heavy (non-hydrogen) atoms. The van der Waals surface area contributed by atoms with Gasteiger partial charge in [-0.15, -0.1) is 0 Å². The van der Waals surface area contributed by atoms with Crippen LogP contribution in [-0.2, 0) is 9.59 Å². The van der Waals surface area contributed by atoms with Gasteiger partial charge in [0.15, 0.2) is 11.2 Å². The van der Waals surface area contributed by atoms with Crippen LogP contribution in [0.5, 0.6) is 0 Å². The number of nitrogens with zero attached hydrogens (tertiary/aromatic N) is 2. The van der Waals surface area contributed by atoms with E-state index in [4.69, 9.17) is 0 Å². The minimum absolute atomic E-state index is 0.181. The van der Waals surface area contributed by atoms with Gasteiger partial charge in [-0.25, -0.2) is 0 Å². The third-order valence-electron chi connectivity index (χ3n) is 5.35. The number of allylic oxidation sites excluding steroid dienone is 2. The fourth-order valence-corrected chi connectivity index (χ4v) is 4.09. The predicted molar refractivity (Wildman–Crippen MR) is 102 cm³/mol. The van der Waals surface area contributed by atoms with Crippen molar-refractivity contribution in [3.63, 3.8) is 0 Å². The van der Waals surface area contributed by atoms with Crippen molar-refractivity contribution in [1.29, 1.82) is 0 Å². The Hall–Kier alpha value is -3.01. The summed E-state index contributed by atoms with van der Waals surface area (Å²) in [5, 5.41) is 5.90. The number of rotatable bonds is 2. The number of hydrazone groups is 1. The van der Waals surface area contributed by atoms with Gasteiger partial charge >= 0.3 is 0 Å². The molecule has 0 N–H and O–H groups in total. The van der Waals surface area contributed by atoms with Gasteiger partial charge < -0.3 is 0 Å². The van der Waals surface area contributed by atoms with Gasteiger partial charge in [0, 0.05) is 5.92 Å². The summed E-state index contributed by atoms with van der Waals surface area (Å²) in [5.74, 6) is -0.688. The quantitative estimate of drug-likeness (QED) is 0.773. The maximum Gasteiger partial charge on any atom is 0.267 e. The second-order valence-electron chi connectivity index (χ2n) is 6.91. The second kappa shape index (κ2) is 6.06. The average Bonchev–Trinajstić information content (AvgIpc) is 2.91. The van der Waals surface area contributed by atoms with Crippen LogP contribution in [0.4, 0.5) is 5.69 Å². The summed E-state index contributed by atoms with van der Waals surface area (Å²) < 4.78 is 0. The molecule has 130 valence electrons. The summed E-state index contributed by atoms with van der Waals surface area (Å²) in [5.41, 5.74) is 2.10. The number of benzene rings is 2. The molecule has 0 radical (unpaired) electrons. The number of amides is 1. The van der Waals surface area contributed by atoms with Crippen molar-refractivity contribution in [3.05, 3.63) is 77.9 Å². The van der Waals surface area contributed by atoms with Gasteiger partial charge in [0.25, 0.3) is 5.91 Å². The molecule has 1 aliphatic heterocycles. The zero-order valence-electron chi connectivity index (χ0n) is 14.8. The molecule has 0 saturated carbocycles. The zero-order valence-corrected chi connectivity index (χ0v) is 14.8. The monoisotopic (exact) mass is 344 g/mol. The lowest BCUT2D eigenvalue weighted by atomic mass is 9.62. The normalized spacial score (nSPS) is 25.1. The summed E-state index contributed by atoms with van der Waals surface area (Å²) in [7, 11) is 0. The molecular formula is C22H20N2O2. The molecule has 0 aromatic heterocycles. The van der Waals surface area contributed by atoms with Crippen LogP contribution in [0.1, 0.15) is 30.4 Å². The second-order valence-corrected chi connectivity index (χ2v) is 6.91. The maximum absolute atomic E-state index is 13.5. The molecule has 1 amide bonds. The lowest BCUT2D eigenvalue weighted by Gasteiger charge is -2.36. The zero-order chi connectivity index (χ0) is 18.3. The van der Waals surface area contributed by atoms with Gasteiger partial charge in [-0.2, -0.15) is 10.1 Å². The molecule has 1 aliphatic carbocycles. The van der Waals surface area contributed by atoms with Gasteiger partial charge in [-0.3, -0.25) is 9.59 Å². The van der Waals surface area contributed by atoms with Crippen molar-refractivity contribution in [2.75, 3.05) is 5.01 Å². The van der Waals surface area contributed by atoms with Gasteiger partial charge in [-0.1, -0.05) is 54.1 Å². The van der Waals surface area contributed by atoms with Gasteiger partial charge in [-0.05, 0) is 44.0 Å². The van der Waals surface area contributed by atoms with Crippen molar-refractivity contribution < 1.29 is 9.59 Å². The molecule has 0 unspecified atom stereocenters. The van der Waals surface area contributed by atoms with Crippen LogP contribution < -0.4 is 5.01 Å². The minimum Gasteiger partial charge on any atom is -0.293 e. The van der Waals surface area contributed by atoms with E-state index in [-0.39, 0.29) is 17.6 Å². The summed E-state index contributed by atoms with van der Waals surface area (Å²) in [6.07, 6.45) is 4.04. The van der Waals surface area contributed by atoms with Crippen LogP contribution in [0.3, 0.4) is 0 Å². The average molecular weight is 344 g/mol. The number of anilines is 1. The van der Waals surface area contributed by atoms with Crippen molar-refractivity contribution in [3.8, 4) is 0 Å². The number of aryl methyl sites for hydroxylation is 1. The number of para-hydroxylation sites is 1. The number of hydrogen-bond acceptors (Lipinski definition) is 3. The summed E-state index contributed by atoms with van der Waals surface area (Å²) >= 11 is 0. The largest absolute Gasteiger partial charge is 0.293 e. The smallest absolute Gasteiger partial charge is 0.267 e. The number of hydrogen-bond donors (Lipinski definition) is 0. The fraction of sp³-hybridized carbons (Fsp3) is 0.227. The standard InChI is InChI=1S/C22H20N2O2/c1-15-8-6-9-17(14-15)19-12-7-13-20(25)22(19)16(2)23-24(21(22)26)18-10-4-3-5-11-18/h3-11,13-14,19H,12H2,1-2H3/t19-,22-/m1/s1. The van der Waals surface area contributed by atoms with E-state index in [1.54, 1.807) is 6.92 Å². The molecule has 2 atom stereocenters. The molecule has 4 nitrogen and oxygen atoms in total. The first kappa shape index (κ1) is 16.5. The maximum atomic E-state index is 13.5. The molecule has 0 saturated heterocycles. The van der Waals surface area contributed by atoms with E-state index in [9.17, 15) is 9.59 Å². The van der Waals surface area contributed by atoms with Gasteiger partial charge in [0.05, 0.1) is 11.4 Å². The highest BCUT2D eigenvalue weighted by molar-refractivity contribution is 6.34. The topological polar surface area (TPSA) is 49.7 Å². The molecule has 2 aliphatic rings. The highest BCUT2D eigenvalue weighted by Gasteiger charge is 2.60. The number of ketones is 1. The summed E-state index contributed by atoms with van der Waals surface area (Å²) in [6, 6.07) is 17.3. The van der Waals surface area contributed by atoms with Gasteiger partial charge in [0.1, 0.15) is 0 Å². The van der Waals surface area contributed by atoms with E-state index in [0.717, 1.165) is 11.1 Å². The predicted octanol–water partition coefficient (Wildman–Crippen LogP) is 4.02. The van der Waals surface area contributed by atoms with Crippen molar-refractivity contribution in [1.82, 2.24) is 0 Å². The van der Waals surface area contributed by atoms with Crippen molar-refractivity contribution in [2.45, 2.75) is 26.2 Å². The van der Waals surface area contributed by atoms with Crippen LogP contribution in [0.2, 0.25) is 0 Å². The van der Waals surface area contributed by atoms with Crippen LogP contribution in [0, 0.1) is 12.3 Å². The SMILES string of the molecule is CC1=NN(c2ccccc2)C(=O)[C@]12C(=O)C=CC[C@@H]2c1cccc(C)c1. The van der Waals surface area contributed by atoms with Crippen LogP contribution in [0.15, 0.2) is 71.9 Å². The molecule has 0 fully saturated rings. The Kier molecular flexibility index (Phi) is 3.83. The van der Waals surface area contributed by atoms with E-state index in [1.807, 2.05) is 61.5 Å². The van der Waals surface area contributed by atoms with E-state index < -0.39 is 5.41 Å². The fourth-order valence-electron chi connectivity index (χ4n) is 4.09. The highest BCUT2D eigenvalue weighted by Crippen LogP contribution is 2.49. The van der Waals surface area contributed by atoms with Crippen LogP contribution >= 0.6 is 0 Å². The summed E-state index contributed by atoms with van der Waals surface area (Å²) in [6.45, 7) is 3.81. The molecular weight excluding hydrogens is 324 g/mol. The molecule has 1 heterocycles. The molecule has 2 aromatic carbocycles. The summed E-state index contributed by atoms with van der Waals surface area (Å²) in [4.78, 5) is 26.6. The Bertz CT molecular complexity index is 946. The molecule has 2 aromatic rings. The molecule has 0 bridgehead atoms. The van der Waals surface area contributed by atoms with E-state index in [1.165, 1.54) is 11.1 Å². The Balaban J connectivity index is 1.86. The first-order valence-electron chi connectivity index (χ1n) is 8.78. The lowest BCUT2D eigenvalue weighted by Crippen LogP contribution is -2.50. The third kappa shape index (κ3) is 2.25.